The highest BCUT2D eigenvalue weighted by Gasteiger charge is 2.08. The van der Waals surface area contributed by atoms with Crippen molar-refractivity contribution in [1.82, 2.24) is 15.0 Å². The van der Waals surface area contributed by atoms with E-state index in [-0.39, 0.29) is 18.4 Å². The summed E-state index contributed by atoms with van der Waals surface area (Å²) in [7, 11) is 0. The highest BCUT2D eigenvalue weighted by molar-refractivity contribution is 9.10. The van der Waals surface area contributed by atoms with Gasteiger partial charge in [-0.1, -0.05) is 64.5 Å². The molecule has 8 nitrogen and oxygen atoms in total. The Hall–Kier alpha value is -4.83. The fraction of sp³-hybridized carbons (Fsp3) is 0.0345. The van der Waals surface area contributed by atoms with Crippen molar-refractivity contribution in [3.05, 3.63) is 125 Å². The number of hydrazone groups is 1. The number of rotatable bonds is 10. The number of benzene rings is 4. The molecule has 0 saturated carbocycles. The third-order valence-electron chi connectivity index (χ3n) is 5.34. The summed E-state index contributed by atoms with van der Waals surface area (Å²) in [6, 6.07) is 31.0. The zero-order valence-electron chi connectivity index (χ0n) is 20.6. The molecule has 0 radical (unpaired) electrons. The maximum atomic E-state index is 13.2. The molecule has 0 spiro atoms. The molecule has 0 aliphatic rings. The van der Waals surface area contributed by atoms with Crippen molar-refractivity contribution in [2.75, 3.05) is 16.1 Å². The summed E-state index contributed by atoms with van der Waals surface area (Å²) in [6.45, 7) is 0.284. The lowest BCUT2D eigenvalue weighted by molar-refractivity contribution is 0.305. The van der Waals surface area contributed by atoms with Crippen LogP contribution in [0.3, 0.4) is 0 Å². The van der Waals surface area contributed by atoms with Crippen LogP contribution in [-0.4, -0.2) is 21.2 Å². The summed E-state index contributed by atoms with van der Waals surface area (Å²) in [5.74, 6) is 1.25. The van der Waals surface area contributed by atoms with E-state index in [4.69, 9.17) is 4.74 Å². The Bertz CT molecular complexity index is 1490. The standard InChI is InChI=1S/C29H23BrFN7O/c30-22-13-16-26(39-19-20-11-14-23(31)15-12-20)21(17-22)18-32-38-29-36-27(33-24-7-3-1-4-8-24)35-28(37-29)34-25-9-5-2-6-10-25/h1-18H,19H2,(H3,33,34,35,36,37,38)/b32-18+. The van der Waals surface area contributed by atoms with Crippen molar-refractivity contribution >= 4 is 51.4 Å². The van der Waals surface area contributed by atoms with Gasteiger partial charge in [-0.05, 0) is 60.2 Å². The topological polar surface area (TPSA) is 96.4 Å². The summed E-state index contributed by atoms with van der Waals surface area (Å²) in [5.41, 5.74) is 6.13. The lowest BCUT2D eigenvalue weighted by Crippen LogP contribution is -2.07. The van der Waals surface area contributed by atoms with Crippen molar-refractivity contribution in [1.29, 1.82) is 0 Å². The largest absolute Gasteiger partial charge is 0.488 e. The normalized spacial score (nSPS) is 10.8. The van der Waals surface area contributed by atoms with Crippen molar-refractivity contribution in [3.8, 4) is 5.75 Å². The molecule has 3 N–H and O–H groups in total. The van der Waals surface area contributed by atoms with E-state index < -0.39 is 0 Å². The van der Waals surface area contributed by atoms with Crippen LogP contribution in [-0.2, 0) is 6.61 Å². The van der Waals surface area contributed by atoms with Crippen molar-refractivity contribution in [3.63, 3.8) is 0 Å². The van der Waals surface area contributed by atoms with Gasteiger partial charge in [0.1, 0.15) is 18.2 Å². The Morgan fingerprint density at radius 1 is 0.744 bits per heavy atom. The van der Waals surface area contributed by atoms with Crippen molar-refractivity contribution in [2.45, 2.75) is 6.61 Å². The number of halogens is 2. The highest BCUT2D eigenvalue weighted by Crippen LogP contribution is 2.23. The SMILES string of the molecule is Fc1ccc(COc2ccc(Br)cc2/C=N/Nc2nc(Nc3ccccc3)nc(Nc3ccccc3)n2)cc1. The van der Waals surface area contributed by atoms with Crippen LogP contribution in [0.2, 0.25) is 0 Å². The van der Waals surface area contributed by atoms with Gasteiger partial charge in [0.05, 0.1) is 6.21 Å². The van der Waals surface area contributed by atoms with Gasteiger partial charge in [0.25, 0.3) is 0 Å². The van der Waals surface area contributed by atoms with E-state index in [1.54, 1.807) is 18.3 Å². The molecule has 5 aromatic rings. The molecule has 0 unspecified atom stereocenters. The number of hydrogen-bond donors (Lipinski definition) is 3. The average Bonchev–Trinajstić information content (AvgIpc) is 2.94. The van der Waals surface area contributed by atoms with Gasteiger partial charge in [-0.2, -0.15) is 20.1 Å². The summed E-state index contributed by atoms with van der Waals surface area (Å²) >= 11 is 3.49. The van der Waals surface area contributed by atoms with E-state index in [1.807, 2.05) is 78.9 Å². The second-order valence-electron chi connectivity index (χ2n) is 8.26. The lowest BCUT2D eigenvalue weighted by Gasteiger charge is -2.11. The quantitative estimate of drug-likeness (QED) is 0.117. The first-order valence-electron chi connectivity index (χ1n) is 12.0. The van der Waals surface area contributed by atoms with Crippen LogP contribution < -0.4 is 20.8 Å². The molecule has 0 fully saturated rings. The zero-order chi connectivity index (χ0) is 26.9. The van der Waals surface area contributed by atoms with Gasteiger partial charge in [0.15, 0.2) is 0 Å². The van der Waals surface area contributed by atoms with Gasteiger partial charge in [-0.3, -0.25) is 0 Å². The second-order valence-corrected chi connectivity index (χ2v) is 9.17. The van der Waals surface area contributed by atoms with Crippen LogP contribution in [0.15, 0.2) is 113 Å². The molecule has 0 atom stereocenters. The summed E-state index contributed by atoms with van der Waals surface area (Å²) in [6.07, 6.45) is 1.61. The maximum absolute atomic E-state index is 13.2. The molecule has 0 saturated heterocycles. The summed E-state index contributed by atoms with van der Waals surface area (Å²) in [4.78, 5) is 13.4. The highest BCUT2D eigenvalue weighted by atomic mass is 79.9. The van der Waals surface area contributed by atoms with Crippen LogP contribution in [0.1, 0.15) is 11.1 Å². The third-order valence-corrected chi connectivity index (χ3v) is 5.84. The molecule has 4 aromatic carbocycles. The van der Waals surface area contributed by atoms with E-state index in [2.05, 4.69) is 52.0 Å². The van der Waals surface area contributed by atoms with E-state index in [1.165, 1.54) is 12.1 Å². The first-order chi connectivity index (χ1) is 19.1. The molecular weight excluding hydrogens is 561 g/mol. The fourth-order valence-corrected chi connectivity index (χ4v) is 3.87. The number of hydrogen-bond acceptors (Lipinski definition) is 8. The third kappa shape index (κ3) is 7.59. The van der Waals surface area contributed by atoms with Gasteiger partial charge in [0.2, 0.25) is 17.8 Å². The first-order valence-corrected chi connectivity index (χ1v) is 12.8. The molecule has 1 aromatic heterocycles. The van der Waals surface area contributed by atoms with E-state index in [9.17, 15) is 4.39 Å². The minimum absolute atomic E-state index is 0.238. The smallest absolute Gasteiger partial charge is 0.250 e. The van der Waals surface area contributed by atoms with Gasteiger partial charge < -0.3 is 15.4 Å². The Morgan fingerprint density at radius 3 is 1.95 bits per heavy atom. The molecule has 194 valence electrons. The molecule has 0 bridgehead atoms. The Labute approximate surface area is 233 Å². The predicted octanol–water partition coefficient (Wildman–Crippen LogP) is 7.29. The van der Waals surface area contributed by atoms with Crippen LogP contribution in [0, 0.1) is 5.82 Å². The lowest BCUT2D eigenvalue weighted by atomic mass is 10.2. The molecule has 0 amide bonds. The predicted molar refractivity (Wildman–Crippen MR) is 155 cm³/mol. The van der Waals surface area contributed by atoms with Crippen molar-refractivity contribution in [2.24, 2.45) is 5.10 Å². The van der Waals surface area contributed by atoms with Crippen LogP contribution in [0.4, 0.5) is 33.6 Å². The van der Waals surface area contributed by atoms with Gasteiger partial charge in [0, 0.05) is 21.4 Å². The molecule has 5 rings (SSSR count). The molecule has 1 heterocycles. The molecule has 0 aliphatic carbocycles. The molecule has 10 heteroatoms. The van der Waals surface area contributed by atoms with Gasteiger partial charge >= 0.3 is 0 Å². The van der Waals surface area contributed by atoms with Gasteiger partial charge in [-0.25, -0.2) is 9.82 Å². The Balaban J connectivity index is 1.34. The van der Waals surface area contributed by atoms with Crippen LogP contribution >= 0.6 is 15.9 Å². The Kier molecular flexibility index (Phi) is 8.35. The van der Waals surface area contributed by atoms with Gasteiger partial charge in [-0.15, -0.1) is 0 Å². The number of nitrogens with one attached hydrogen (secondary N) is 3. The average molecular weight is 584 g/mol. The number of anilines is 5. The second kappa shape index (κ2) is 12.6. The number of para-hydroxylation sites is 2. The molecule has 0 aliphatic heterocycles. The minimum atomic E-state index is -0.288. The van der Waals surface area contributed by atoms with Crippen LogP contribution in [0.25, 0.3) is 0 Å². The maximum Gasteiger partial charge on any atom is 0.250 e. The van der Waals surface area contributed by atoms with Crippen LogP contribution in [0.5, 0.6) is 5.75 Å². The number of aromatic nitrogens is 3. The van der Waals surface area contributed by atoms with Crippen molar-refractivity contribution < 1.29 is 9.13 Å². The summed E-state index contributed by atoms with van der Waals surface area (Å²) < 4.78 is 20.0. The minimum Gasteiger partial charge on any atom is -0.488 e. The van der Waals surface area contributed by atoms with E-state index >= 15 is 0 Å². The monoisotopic (exact) mass is 583 g/mol. The Morgan fingerprint density at radius 2 is 1.33 bits per heavy atom. The number of ether oxygens (including phenoxy) is 1. The fourth-order valence-electron chi connectivity index (χ4n) is 3.49. The zero-order valence-corrected chi connectivity index (χ0v) is 22.1. The first kappa shape index (κ1) is 25.8. The number of nitrogens with zero attached hydrogens (tertiary/aromatic N) is 4. The summed E-state index contributed by atoms with van der Waals surface area (Å²) in [5, 5.41) is 10.7. The van der Waals surface area contributed by atoms with E-state index in [0.717, 1.165) is 27.0 Å². The van der Waals surface area contributed by atoms with E-state index in [0.29, 0.717) is 17.6 Å². The molecular formula is C29H23BrFN7O. The molecule has 39 heavy (non-hydrogen) atoms.